The van der Waals surface area contributed by atoms with E-state index in [0.29, 0.717) is 6.54 Å². The summed E-state index contributed by atoms with van der Waals surface area (Å²) < 4.78 is 0. The van der Waals surface area contributed by atoms with Gasteiger partial charge in [0.25, 0.3) is 0 Å². The number of carbonyl (C=O) groups excluding carboxylic acids is 2. The molecule has 0 fully saturated rings. The van der Waals surface area contributed by atoms with E-state index < -0.39 is 19.0 Å². The van der Waals surface area contributed by atoms with Gasteiger partial charge in [-0.3, -0.25) is 9.59 Å². The number of amides is 2. The fourth-order valence-electron chi connectivity index (χ4n) is 2.44. The van der Waals surface area contributed by atoms with Crippen LogP contribution in [0.4, 0.5) is 0 Å². The fraction of sp³-hybridized carbons (Fsp3) is 0.412. The Kier molecular flexibility index (Phi) is 7.68. The zero-order chi connectivity index (χ0) is 18.3. The van der Waals surface area contributed by atoms with Gasteiger partial charge in [0.2, 0.25) is 11.8 Å². The number of hydrogen-bond donors (Lipinski definition) is 3. The zero-order valence-electron chi connectivity index (χ0n) is 14.5. The van der Waals surface area contributed by atoms with Crippen LogP contribution in [-0.4, -0.2) is 52.9 Å². The summed E-state index contributed by atoms with van der Waals surface area (Å²) in [5.41, 5.74) is 3.06. The van der Waals surface area contributed by atoms with E-state index in [4.69, 9.17) is 0 Å². The van der Waals surface area contributed by atoms with Crippen molar-refractivity contribution in [2.75, 3.05) is 13.1 Å². The SMILES string of the molecule is C=CC(=O)N(CC)CC(=O)N[C@@H](Cc1ccc(C)cc1C)B(O)O. The molecule has 0 aliphatic carbocycles. The van der Waals surface area contributed by atoms with Crippen molar-refractivity contribution < 1.29 is 19.6 Å². The predicted molar refractivity (Wildman–Crippen MR) is 94.2 cm³/mol. The van der Waals surface area contributed by atoms with Crippen LogP contribution in [0.2, 0.25) is 0 Å². The van der Waals surface area contributed by atoms with Gasteiger partial charge >= 0.3 is 7.12 Å². The largest absolute Gasteiger partial charge is 0.475 e. The monoisotopic (exact) mass is 332 g/mol. The molecule has 7 heteroatoms. The van der Waals surface area contributed by atoms with Crippen molar-refractivity contribution in [2.45, 2.75) is 33.1 Å². The number of rotatable bonds is 8. The Morgan fingerprint density at radius 2 is 2.04 bits per heavy atom. The molecule has 1 atom stereocenters. The van der Waals surface area contributed by atoms with Gasteiger partial charge in [-0.05, 0) is 44.4 Å². The summed E-state index contributed by atoms with van der Waals surface area (Å²) in [4.78, 5) is 25.0. The molecule has 0 spiro atoms. The first kappa shape index (κ1) is 19.9. The average Bonchev–Trinajstić information content (AvgIpc) is 2.53. The van der Waals surface area contributed by atoms with E-state index in [9.17, 15) is 19.6 Å². The molecule has 0 radical (unpaired) electrons. The number of nitrogens with zero attached hydrogens (tertiary/aromatic N) is 1. The normalized spacial score (nSPS) is 11.5. The Morgan fingerprint density at radius 1 is 1.38 bits per heavy atom. The lowest BCUT2D eigenvalue weighted by atomic mass is 9.75. The molecule has 24 heavy (non-hydrogen) atoms. The van der Waals surface area contributed by atoms with Crippen LogP contribution < -0.4 is 5.32 Å². The summed E-state index contributed by atoms with van der Waals surface area (Å²) in [6.45, 7) is 9.27. The lowest BCUT2D eigenvalue weighted by Crippen LogP contribution is -2.51. The van der Waals surface area contributed by atoms with Gasteiger partial charge in [0.1, 0.15) is 0 Å². The summed E-state index contributed by atoms with van der Waals surface area (Å²) in [7, 11) is -1.69. The number of hydrogen-bond acceptors (Lipinski definition) is 4. The van der Waals surface area contributed by atoms with E-state index in [1.807, 2.05) is 32.0 Å². The first-order valence-corrected chi connectivity index (χ1v) is 7.91. The molecular formula is C17H25BN2O4. The third kappa shape index (κ3) is 5.83. The van der Waals surface area contributed by atoms with Crippen LogP contribution in [0.3, 0.4) is 0 Å². The Morgan fingerprint density at radius 3 is 2.54 bits per heavy atom. The van der Waals surface area contributed by atoms with E-state index in [1.54, 1.807) is 6.92 Å². The molecule has 0 saturated heterocycles. The molecular weight excluding hydrogens is 307 g/mol. The highest BCUT2D eigenvalue weighted by atomic mass is 16.4. The topological polar surface area (TPSA) is 89.9 Å². The maximum Gasteiger partial charge on any atom is 0.475 e. The van der Waals surface area contributed by atoms with Crippen LogP contribution in [-0.2, 0) is 16.0 Å². The molecule has 6 nitrogen and oxygen atoms in total. The van der Waals surface area contributed by atoms with E-state index in [2.05, 4.69) is 11.9 Å². The summed E-state index contributed by atoms with van der Waals surface area (Å²) in [6, 6.07) is 5.85. The van der Waals surface area contributed by atoms with Gasteiger partial charge in [0.05, 0.1) is 12.5 Å². The van der Waals surface area contributed by atoms with Crippen molar-refractivity contribution >= 4 is 18.9 Å². The maximum absolute atomic E-state index is 12.1. The molecule has 130 valence electrons. The third-order valence-electron chi connectivity index (χ3n) is 3.85. The second-order valence-corrected chi connectivity index (χ2v) is 5.78. The molecule has 0 bridgehead atoms. The first-order valence-electron chi connectivity index (χ1n) is 7.91. The van der Waals surface area contributed by atoms with Gasteiger partial charge in [-0.15, -0.1) is 0 Å². The Hall–Kier alpha value is -2.12. The molecule has 0 saturated carbocycles. The van der Waals surface area contributed by atoms with Crippen LogP contribution in [0.25, 0.3) is 0 Å². The summed E-state index contributed by atoms with van der Waals surface area (Å²) in [5, 5.41) is 21.7. The van der Waals surface area contributed by atoms with E-state index >= 15 is 0 Å². The Bertz CT molecular complexity index is 604. The van der Waals surface area contributed by atoms with Gasteiger partial charge in [0.15, 0.2) is 0 Å². The van der Waals surface area contributed by atoms with Crippen LogP contribution in [0.5, 0.6) is 0 Å². The molecule has 1 rings (SSSR count). The van der Waals surface area contributed by atoms with E-state index in [1.165, 1.54) is 4.90 Å². The van der Waals surface area contributed by atoms with Gasteiger partial charge in [-0.1, -0.05) is 30.3 Å². The number of aryl methyl sites for hydroxylation is 2. The highest BCUT2D eigenvalue weighted by Crippen LogP contribution is 2.13. The quantitative estimate of drug-likeness (QED) is 0.474. The van der Waals surface area contributed by atoms with Crippen molar-refractivity contribution in [1.82, 2.24) is 10.2 Å². The molecule has 0 aliphatic heterocycles. The molecule has 0 heterocycles. The fourth-order valence-corrected chi connectivity index (χ4v) is 2.44. The van der Waals surface area contributed by atoms with Crippen molar-refractivity contribution in [3.8, 4) is 0 Å². The van der Waals surface area contributed by atoms with Crippen LogP contribution in [0.1, 0.15) is 23.6 Å². The maximum atomic E-state index is 12.1. The van der Waals surface area contributed by atoms with Crippen LogP contribution in [0, 0.1) is 13.8 Å². The molecule has 3 N–H and O–H groups in total. The lowest BCUT2D eigenvalue weighted by molar-refractivity contribution is -0.132. The van der Waals surface area contributed by atoms with Crippen molar-refractivity contribution in [3.05, 3.63) is 47.5 Å². The number of likely N-dealkylation sites (N-methyl/N-ethyl adjacent to an activating group) is 1. The molecule has 0 aromatic heterocycles. The lowest BCUT2D eigenvalue weighted by Gasteiger charge is -2.22. The van der Waals surface area contributed by atoms with Crippen LogP contribution in [0.15, 0.2) is 30.9 Å². The zero-order valence-corrected chi connectivity index (χ0v) is 14.5. The minimum atomic E-state index is -1.69. The van der Waals surface area contributed by atoms with Crippen molar-refractivity contribution in [3.63, 3.8) is 0 Å². The summed E-state index contributed by atoms with van der Waals surface area (Å²) in [6.07, 6.45) is 1.43. The molecule has 0 unspecified atom stereocenters. The molecule has 1 aromatic carbocycles. The van der Waals surface area contributed by atoms with Gasteiger partial charge < -0.3 is 20.3 Å². The van der Waals surface area contributed by atoms with Crippen LogP contribution >= 0.6 is 0 Å². The summed E-state index contributed by atoms with van der Waals surface area (Å²) >= 11 is 0. The highest BCUT2D eigenvalue weighted by Gasteiger charge is 2.27. The second kappa shape index (κ2) is 9.25. The predicted octanol–water partition coefficient (Wildman–Crippen LogP) is 0.377. The van der Waals surface area contributed by atoms with Gasteiger partial charge in [-0.25, -0.2) is 0 Å². The smallest absolute Gasteiger partial charge is 0.426 e. The minimum Gasteiger partial charge on any atom is -0.426 e. The summed E-state index contributed by atoms with van der Waals surface area (Å²) in [5.74, 6) is -1.64. The second-order valence-electron chi connectivity index (χ2n) is 5.78. The van der Waals surface area contributed by atoms with Crippen molar-refractivity contribution in [2.24, 2.45) is 0 Å². The molecule has 1 aromatic rings. The molecule has 0 aliphatic rings. The van der Waals surface area contributed by atoms with E-state index in [0.717, 1.165) is 22.8 Å². The van der Waals surface area contributed by atoms with Gasteiger partial charge in [-0.2, -0.15) is 0 Å². The standard InChI is InChI=1S/C17H25BN2O4/c1-5-17(22)20(6-2)11-16(21)19-15(18(23)24)10-14-8-7-12(3)9-13(14)4/h5,7-9,15,23-24H,1,6,10-11H2,2-4H3,(H,19,21)/t15-/m0/s1. The van der Waals surface area contributed by atoms with Gasteiger partial charge in [0, 0.05) is 6.54 Å². The third-order valence-corrected chi connectivity index (χ3v) is 3.85. The minimum absolute atomic E-state index is 0.155. The Labute approximate surface area is 143 Å². The number of carbonyl (C=O) groups is 2. The average molecular weight is 332 g/mol. The first-order chi connectivity index (χ1) is 11.3. The van der Waals surface area contributed by atoms with Crippen molar-refractivity contribution in [1.29, 1.82) is 0 Å². The molecule has 2 amide bonds. The number of nitrogens with one attached hydrogen (secondary N) is 1. The van der Waals surface area contributed by atoms with E-state index in [-0.39, 0.29) is 18.9 Å². The Balaban J connectivity index is 2.77. The number of benzene rings is 1. The highest BCUT2D eigenvalue weighted by molar-refractivity contribution is 6.43.